The minimum absolute atomic E-state index is 0. The van der Waals surface area contributed by atoms with Gasteiger partial charge in [-0.1, -0.05) is 25.5 Å². The molecule has 2 aliphatic heterocycles. The molecule has 0 aliphatic carbocycles. The van der Waals surface area contributed by atoms with Gasteiger partial charge >= 0.3 is 65.3 Å². The third-order valence-electron chi connectivity index (χ3n) is 4.85. The van der Waals surface area contributed by atoms with Crippen molar-refractivity contribution in [3.8, 4) is 5.75 Å². The maximum atomic E-state index is 10.7. The van der Waals surface area contributed by atoms with Gasteiger partial charge in [0.05, 0.1) is 6.61 Å². The number of aryl methyl sites for hydroxylation is 1. The van der Waals surface area contributed by atoms with Crippen LogP contribution in [0.2, 0.25) is 0 Å². The van der Waals surface area contributed by atoms with E-state index in [4.69, 9.17) is 46.1 Å². The normalized spacial score (nSPS) is 29.9. The third-order valence-corrected chi connectivity index (χ3v) is 4.85. The maximum Gasteiger partial charge on any atom is 1.00 e. The fourth-order valence-electron chi connectivity index (χ4n) is 3.31. The first-order valence-corrected chi connectivity index (χ1v) is 12.1. The van der Waals surface area contributed by atoms with Crippen LogP contribution in [0.3, 0.4) is 0 Å². The van der Waals surface area contributed by atoms with E-state index >= 15 is 0 Å². The number of carbonyl (C=O) groups excluding carboxylic acids is 2. The van der Waals surface area contributed by atoms with Gasteiger partial charge in [-0.25, -0.2) is 15.0 Å². The Morgan fingerprint density at radius 3 is 2.05 bits per heavy atom. The van der Waals surface area contributed by atoms with Gasteiger partial charge in [0.2, 0.25) is 16.7 Å². The predicted octanol–water partition coefficient (Wildman–Crippen LogP) is -8.28. The van der Waals surface area contributed by atoms with Crippen LogP contribution in [0.15, 0.2) is 24.3 Å². The van der Waals surface area contributed by atoms with E-state index in [2.05, 4.69) is 6.92 Å². The zero-order valence-corrected chi connectivity index (χ0v) is 26.3. The van der Waals surface area contributed by atoms with Crippen molar-refractivity contribution in [1.29, 1.82) is 0 Å². The minimum atomic E-state index is -4.92. The van der Waals surface area contributed by atoms with Crippen LogP contribution in [0.1, 0.15) is 18.9 Å². The van der Waals surface area contributed by atoms with Gasteiger partial charge in [-0.15, -0.1) is 0 Å². The number of aliphatic hydroxyl groups is 5. The molecule has 2 fully saturated rings. The first-order valence-electron chi connectivity index (χ1n) is 10.8. The summed E-state index contributed by atoms with van der Waals surface area (Å²) >= 11 is 0. The Bertz CT molecular complexity index is 922. The van der Waals surface area contributed by atoms with Crippen molar-refractivity contribution in [3.63, 3.8) is 0 Å². The van der Waals surface area contributed by atoms with Crippen molar-refractivity contribution in [1.82, 2.24) is 0 Å². The van der Waals surface area contributed by atoms with Crippen molar-refractivity contribution >= 4 is 16.6 Å². The van der Waals surface area contributed by atoms with Crippen LogP contribution >= 0.6 is 0 Å². The molecule has 212 valence electrons. The molecule has 2 aliphatic rings. The smallest absolute Gasteiger partial charge is 0.726 e. The standard InChI is InChI=1S/C20H28O9.CO2.2Na.H2O4S/c1-2-3-11-4-6-13(7-5-11)27-20-17(25)18(16(24)15(9-21)28-20)29-19-14(23)8-12(22)10-26-19;2-1-3;;;1-5(2,3)4/h4-8,10,12,14-25H,2-3,9H2,1H3;;;;(H2,1,2,3,4)/q-2;;2*+1;/p-1. The van der Waals surface area contributed by atoms with E-state index in [0.29, 0.717) is 5.75 Å². The molecule has 0 amide bonds. The molecule has 0 radical (unpaired) electrons. The van der Waals surface area contributed by atoms with Gasteiger partial charge in [0.25, 0.3) is 0 Å². The molecule has 3 rings (SSSR count). The molecular formula is C21H29Na2O15S-. The SMILES string of the molecule is CCCc1ccc(OC2OC(CO)C(O)C(OC3O[CH-]C(O)[CH-]C3O)C2O)cc1.O=C=O.O=S(=O)([O-])O.[Na+].[Na+]. The Hall–Kier alpha value is -0.0500. The quantitative estimate of drug-likeness (QED) is 0.0737. The summed E-state index contributed by atoms with van der Waals surface area (Å²) < 4.78 is 54.7. The summed E-state index contributed by atoms with van der Waals surface area (Å²) in [6.07, 6.45) is -6.63. The Morgan fingerprint density at radius 1 is 1.05 bits per heavy atom. The Morgan fingerprint density at radius 2 is 1.59 bits per heavy atom. The first-order chi connectivity index (χ1) is 17.3. The first kappa shape index (κ1) is 41.1. The van der Waals surface area contributed by atoms with Crippen molar-refractivity contribution in [2.24, 2.45) is 0 Å². The molecule has 8 atom stereocenters. The molecule has 18 heteroatoms. The molecular weight excluding hydrogens is 570 g/mol. The van der Waals surface area contributed by atoms with E-state index in [9.17, 15) is 25.5 Å². The topological polar surface area (TPSA) is 250 Å². The summed E-state index contributed by atoms with van der Waals surface area (Å²) in [5.41, 5.74) is 1.15. The van der Waals surface area contributed by atoms with Gasteiger partial charge in [0.1, 0.15) is 36.5 Å². The van der Waals surface area contributed by atoms with Gasteiger partial charge in [-0.2, -0.15) is 15.7 Å². The van der Waals surface area contributed by atoms with Crippen molar-refractivity contribution in [2.45, 2.75) is 69.0 Å². The van der Waals surface area contributed by atoms with Crippen LogP contribution in [0, 0.1) is 13.0 Å². The molecule has 0 bridgehead atoms. The second-order valence-corrected chi connectivity index (χ2v) is 8.50. The van der Waals surface area contributed by atoms with E-state index in [-0.39, 0.29) is 65.3 Å². The average molecular weight is 599 g/mol. The second kappa shape index (κ2) is 20.8. The fraction of sp³-hybridized carbons (Fsp3) is 0.571. The predicted molar refractivity (Wildman–Crippen MR) is 117 cm³/mol. The minimum Gasteiger partial charge on any atom is -0.726 e. The number of hydrogen-bond acceptors (Lipinski definition) is 14. The molecule has 0 spiro atoms. The van der Waals surface area contributed by atoms with Crippen LogP contribution < -0.4 is 63.9 Å². The van der Waals surface area contributed by atoms with E-state index in [1.807, 2.05) is 12.1 Å². The van der Waals surface area contributed by atoms with E-state index in [1.54, 1.807) is 12.1 Å². The second-order valence-electron chi connectivity index (χ2n) is 7.64. The van der Waals surface area contributed by atoms with Gasteiger partial charge in [0.15, 0.2) is 0 Å². The average Bonchev–Trinajstić information content (AvgIpc) is 2.80. The molecule has 39 heavy (non-hydrogen) atoms. The van der Waals surface area contributed by atoms with Crippen LogP contribution in [0.25, 0.3) is 0 Å². The number of ether oxygens (including phenoxy) is 4. The molecule has 15 nitrogen and oxygen atoms in total. The van der Waals surface area contributed by atoms with Crippen LogP contribution in [0.5, 0.6) is 5.75 Å². The summed E-state index contributed by atoms with van der Waals surface area (Å²) in [5.74, 6) is 0.444. The maximum absolute atomic E-state index is 10.7. The zero-order valence-electron chi connectivity index (χ0n) is 21.5. The molecule has 0 saturated carbocycles. The van der Waals surface area contributed by atoms with Crippen LogP contribution in [-0.4, -0.2) is 105 Å². The third kappa shape index (κ3) is 15.7. The number of aliphatic hydroxyl groups excluding tert-OH is 5. The van der Waals surface area contributed by atoms with Gasteiger partial charge in [-0.3, -0.25) is 11.0 Å². The molecule has 0 aromatic heterocycles. The van der Waals surface area contributed by atoms with Crippen molar-refractivity contribution in [3.05, 3.63) is 42.9 Å². The molecule has 2 saturated heterocycles. The molecule has 8 unspecified atom stereocenters. The van der Waals surface area contributed by atoms with Crippen LogP contribution in [0.4, 0.5) is 0 Å². The molecule has 1 aromatic rings. The fourth-order valence-corrected chi connectivity index (χ4v) is 3.31. The number of benzene rings is 1. The molecule has 1 aromatic carbocycles. The largest absolute Gasteiger partial charge is 1.00 e. The van der Waals surface area contributed by atoms with Gasteiger partial charge in [0, 0.05) is 0 Å². The van der Waals surface area contributed by atoms with Crippen molar-refractivity contribution < 1.29 is 131 Å². The summed E-state index contributed by atoms with van der Waals surface area (Å²) in [6.45, 7) is 2.61. The number of rotatable bonds is 7. The van der Waals surface area contributed by atoms with Crippen molar-refractivity contribution in [2.75, 3.05) is 6.61 Å². The summed E-state index contributed by atoms with van der Waals surface area (Å²) in [5, 5.41) is 50.0. The zero-order chi connectivity index (χ0) is 28.2. The summed E-state index contributed by atoms with van der Waals surface area (Å²) in [7, 11) is -4.92. The molecule has 6 N–H and O–H groups in total. The Kier molecular flexibility index (Phi) is 21.9. The van der Waals surface area contributed by atoms with E-state index in [0.717, 1.165) is 25.0 Å². The summed E-state index contributed by atoms with van der Waals surface area (Å²) in [6, 6.07) is 7.30. The Labute approximate surface area is 269 Å². The summed E-state index contributed by atoms with van der Waals surface area (Å²) in [4.78, 5) is 16.2. The monoisotopic (exact) mass is 599 g/mol. The van der Waals surface area contributed by atoms with E-state index in [1.165, 1.54) is 6.42 Å². The van der Waals surface area contributed by atoms with Gasteiger partial charge < -0.3 is 49.0 Å². The Balaban J connectivity index is 0. The van der Waals surface area contributed by atoms with Gasteiger partial charge in [-0.05, 0) is 30.2 Å². The van der Waals surface area contributed by atoms with E-state index < -0.39 is 66.2 Å². The van der Waals surface area contributed by atoms with Crippen LogP contribution in [-0.2, 0) is 40.6 Å². The molecule has 2 heterocycles. The number of hydrogen-bond donors (Lipinski definition) is 6.